The number of nitrogens with zero attached hydrogens (tertiary/aromatic N) is 1. The van der Waals surface area contributed by atoms with E-state index in [-0.39, 0.29) is 37.0 Å². The third-order valence-corrected chi connectivity index (χ3v) is 5.62. The Morgan fingerprint density at radius 2 is 1.36 bits per heavy atom. The van der Waals surface area contributed by atoms with Crippen molar-refractivity contribution in [3.05, 3.63) is 71.8 Å². The van der Waals surface area contributed by atoms with Crippen molar-refractivity contribution >= 4 is 24.8 Å². The highest BCUT2D eigenvalue weighted by Crippen LogP contribution is 2.24. The van der Waals surface area contributed by atoms with Gasteiger partial charge in [0.2, 0.25) is 0 Å². The first-order chi connectivity index (χ1) is 12.6. The van der Waals surface area contributed by atoms with Gasteiger partial charge in [0.15, 0.2) is 0 Å². The summed E-state index contributed by atoms with van der Waals surface area (Å²) in [6, 6.07) is 22.2. The monoisotopic (exact) mass is 424 g/mol. The third-order valence-electron chi connectivity index (χ3n) is 5.62. The largest absolute Gasteiger partial charge is 0.390 e. The number of piperidine rings is 1. The molecule has 1 aliphatic rings. The number of hydrogen-bond donors (Lipinski definition) is 2. The summed E-state index contributed by atoms with van der Waals surface area (Å²) in [6.07, 6.45) is 3.41. The Morgan fingerprint density at radius 1 is 0.893 bits per heavy atom. The molecule has 3 rings (SSSR count). The predicted octanol–water partition coefficient (Wildman–Crippen LogP) is 4.83. The van der Waals surface area contributed by atoms with Gasteiger partial charge in [-0.25, -0.2) is 0 Å². The molecular weight excluding hydrogens is 391 g/mol. The summed E-state index contributed by atoms with van der Waals surface area (Å²) in [7, 11) is 0. The molecule has 1 saturated heterocycles. The van der Waals surface area contributed by atoms with Crippen LogP contribution in [0.4, 0.5) is 0 Å². The van der Waals surface area contributed by atoms with Gasteiger partial charge in [0, 0.05) is 25.2 Å². The van der Waals surface area contributed by atoms with Crippen molar-refractivity contribution in [3.8, 4) is 0 Å². The molecular formula is C23H34Cl2N2O. The number of likely N-dealkylation sites (tertiary alicyclic amines) is 1. The average molecular weight is 425 g/mol. The minimum atomic E-state index is -0.368. The van der Waals surface area contributed by atoms with E-state index in [1.54, 1.807) is 0 Å². The first-order valence-corrected chi connectivity index (χ1v) is 9.92. The molecule has 0 aromatic heterocycles. The normalized spacial score (nSPS) is 20.9. The highest BCUT2D eigenvalue weighted by atomic mass is 35.5. The zero-order valence-corrected chi connectivity index (χ0v) is 18.5. The standard InChI is InChI=1S/C23H32N2O.2ClH/c1-18-10-9-11-19(2)25(18)17-22(26)16-24-23(20-12-5-3-6-13-20)21-14-7-4-8-15-21;;/h3-8,12-15,18-19,22-24,26H,9-11,16-17H2,1-2H3;2*1H. The van der Waals surface area contributed by atoms with Crippen LogP contribution in [-0.2, 0) is 0 Å². The molecule has 0 saturated carbocycles. The second-order valence-electron chi connectivity index (χ2n) is 7.64. The van der Waals surface area contributed by atoms with Crippen molar-refractivity contribution in [2.45, 2.75) is 57.3 Å². The molecule has 0 spiro atoms. The smallest absolute Gasteiger partial charge is 0.0791 e. The van der Waals surface area contributed by atoms with Crippen LogP contribution in [-0.4, -0.2) is 41.3 Å². The molecule has 1 fully saturated rings. The predicted molar refractivity (Wildman–Crippen MR) is 123 cm³/mol. The Balaban J connectivity index is 0.00000196. The van der Waals surface area contributed by atoms with Gasteiger partial charge in [0.1, 0.15) is 0 Å². The molecule has 0 bridgehead atoms. The molecule has 1 heterocycles. The van der Waals surface area contributed by atoms with E-state index in [1.807, 2.05) is 12.1 Å². The molecule has 28 heavy (non-hydrogen) atoms. The van der Waals surface area contributed by atoms with E-state index in [4.69, 9.17) is 0 Å². The van der Waals surface area contributed by atoms with Crippen LogP contribution < -0.4 is 5.32 Å². The maximum atomic E-state index is 10.7. The second-order valence-corrected chi connectivity index (χ2v) is 7.64. The van der Waals surface area contributed by atoms with Crippen molar-refractivity contribution in [1.82, 2.24) is 10.2 Å². The van der Waals surface area contributed by atoms with E-state index in [0.717, 1.165) is 6.54 Å². The number of rotatable bonds is 7. The molecule has 5 heteroatoms. The van der Waals surface area contributed by atoms with Crippen molar-refractivity contribution in [3.63, 3.8) is 0 Å². The maximum absolute atomic E-state index is 10.7. The second kappa shape index (κ2) is 12.5. The summed E-state index contributed by atoms with van der Waals surface area (Å²) in [6.45, 7) is 5.90. The number of halogens is 2. The molecule has 0 radical (unpaired) electrons. The molecule has 3 unspecified atom stereocenters. The van der Waals surface area contributed by atoms with Crippen LogP contribution in [0.3, 0.4) is 0 Å². The van der Waals surface area contributed by atoms with Gasteiger partial charge in [-0.15, -0.1) is 24.8 Å². The van der Waals surface area contributed by atoms with E-state index >= 15 is 0 Å². The Morgan fingerprint density at radius 3 is 1.82 bits per heavy atom. The Bertz CT molecular complexity index is 607. The summed E-state index contributed by atoms with van der Waals surface area (Å²) < 4.78 is 0. The maximum Gasteiger partial charge on any atom is 0.0791 e. The van der Waals surface area contributed by atoms with Gasteiger partial charge in [-0.3, -0.25) is 4.90 Å². The minimum absolute atomic E-state index is 0. The van der Waals surface area contributed by atoms with Gasteiger partial charge >= 0.3 is 0 Å². The molecule has 2 aromatic rings. The number of aliphatic hydroxyl groups is 1. The molecule has 3 atom stereocenters. The Hall–Kier alpha value is -1.10. The van der Waals surface area contributed by atoms with Gasteiger partial charge in [-0.2, -0.15) is 0 Å². The molecule has 0 amide bonds. The van der Waals surface area contributed by atoms with Gasteiger partial charge < -0.3 is 10.4 Å². The van der Waals surface area contributed by atoms with Crippen LogP contribution in [0.1, 0.15) is 50.3 Å². The molecule has 156 valence electrons. The lowest BCUT2D eigenvalue weighted by Crippen LogP contribution is -2.49. The summed E-state index contributed by atoms with van der Waals surface area (Å²) >= 11 is 0. The van der Waals surface area contributed by atoms with Crippen molar-refractivity contribution in [1.29, 1.82) is 0 Å². The first-order valence-electron chi connectivity index (χ1n) is 9.92. The molecule has 0 aliphatic carbocycles. The number of aliphatic hydroxyl groups excluding tert-OH is 1. The lowest BCUT2D eigenvalue weighted by atomic mass is 9.96. The average Bonchev–Trinajstić information content (AvgIpc) is 2.67. The molecule has 1 aliphatic heterocycles. The lowest BCUT2D eigenvalue weighted by Gasteiger charge is -2.40. The van der Waals surface area contributed by atoms with Crippen LogP contribution in [0.15, 0.2) is 60.7 Å². The van der Waals surface area contributed by atoms with E-state index in [1.165, 1.54) is 30.4 Å². The Kier molecular flexibility index (Phi) is 11.1. The summed E-state index contributed by atoms with van der Waals surface area (Å²) in [5.41, 5.74) is 2.45. The van der Waals surface area contributed by atoms with Crippen molar-refractivity contribution in [2.75, 3.05) is 13.1 Å². The Labute approximate surface area is 182 Å². The summed E-state index contributed by atoms with van der Waals surface area (Å²) in [4.78, 5) is 2.47. The van der Waals surface area contributed by atoms with Crippen LogP contribution in [0.25, 0.3) is 0 Å². The van der Waals surface area contributed by atoms with E-state index in [9.17, 15) is 5.11 Å². The van der Waals surface area contributed by atoms with Gasteiger partial charge in [0.05, 0.1) is 12.1 Å². The van der Waals surface area contributed by atoms with Gasteiger partial charge in [-0.1, -0.05) is 67.1 Å². The van der Waals surface area contributed by atoms with Crippen LogP contribution in [0, 0.1) is 0 Å². The summed E-state index contributed by atoms with van der Waals surface area (Å²) in [5.74, 6) is 0. The van der Waals surface area contributed by atoms with Gasteiger partial charge in [0.25, 0.3) is 0 Å². The summed E-state index contributed by atoms with van der Waals surface area (Å²) in [5, 5.41) is 14.3. The van der Waals surface area contributed by atoms with Crippen LogP contribution in [0.2, 0.25) is 0 Å². The lowest BCUT2D eigenvalue weighted by molar-refractivity contribution is 0.0411. The zero-order valence-electron chi connectivity index (χ0n) is 16.8. The van der Waals surface area contributed by atoms with E-state index in [2.05, 4.69) is 72.6 Å². The third kappa shape index (κ3) is 6.75. The minimum Gasteiger partial charge on any atom is -0.390 e. The van der Waals surface area contributed by atoms with Crippen LogP contribution >= 0.6 is 24.8 Å². The molecule has 2 aromatic carbocycles. The van der Waals surface area contributed by atoms with Crippen molar-refractivity contribution < 1.29 is 5.11 Å². The fraction of sp³-hybridized carbons (Fsp3) is 0.478. The fourth-order valence-electron chi connectivity index (χ4n) is 4.12. The number of hydrogen-bond acceptors (Lipinski definition) is 3. The first kappa shape index (κ1) is 24.9. The van der Waals surface area contributed by atoms with E-state index < -0.39 is 0 Å². The highest BCUT2D eigenvalue weighted by molar-refractivity contribution is 5.85. The van der Waals surface area contributed by atoms with Crippen molar-refractivity contribution in [2.24, 2.45) is 0 Å². The fourth-order valence-corrected chi connectivity index (χ4v) is 4.12. The van der Waals surface area contributed by atoms with Gasteiger partial charge in [-0.05, 0) is 37.8 Å². The molecule has 3 nitrogen and oxygen atoms in total. The van der Waals surface area contributed by atoms with E-state index in [0.29, 0.717) is 18.6 Å². The number of benzene rings is 2. The number of β-amino-alcohol motifs (C(OH)–C–C–N with tert-alkyl or cyclic N) is 1. The zero-order chi connectivity index (χ0) is 18.4. The van der Waals surface area contributed by atoms with Crippen LogP contribution in [0.5, 0.6) is 0 Å². The number of nitrogens with one attached hydrogen (secondary N) is 1. The molecule has 2 N–H and O–H groups in total. The topological polar surface area (TPSA) is 35.5 Å². The SMILES string of the molecule is CC1CCCC(C)N1CC(O)CNC(c1ccccc1)c1ccccc1.Cl.Cl. The highest BCUT2D eigenvalue weighted by Gasteiger charge is 2.26. The quantitative estimate of drug-likeness (QED) is 0.667.